The molecule has 122 valence electrons. The molecule has 5 nitrogen and oxygen atoms in total. The van der Waals surface area contributed by atoms with Crippen molar-refractivity contribution in [2.75, 3.05) is 13.1 Å². The van der Waals surface area contributed by atoms with Gasteiger partial charge in [0.25, 0.3) is 5.91 Å². The third kappa shape index (κ3) is 3.66. The molecule has 24 heavy (non-hydrogen) atoms. The van der Waals surface area contributed by atoms with E-state index in [0.717, 1.165) is 12.8 Å². The molecule has 1 atom stereocenters. The molecule has 2 heterocycles. The van der Waals surface area contributed by atoms with E-state index >= 15 is 0 Å². The van der Waals surface area contributed by atoms with E-state index in [0.29, 0.717) is 35.0 Å². The van der Waals surface area contributed by atoms with E-state index in [4.69, 9.17) is 21.6 Å². The number of amides is 1. The first-order valence-electron chi connectivity index (χ1n) is 7.73. The van der Waals surface area contributed by atoms with Crippen molar-refractivity contribution in [3.05, 3.63) is 58.9 Å². The predicted molar refractivity (Wildman–Crippen MR) is 90.0 cm³/mol. The monoisotopic (exact) mass is 341 g/mol. The van der Waals surface area contributed by atoms with Crippen molar-refractivity contribution in [1.82, 2.24) is 9.88 Å². The van der Waals surface area contributed by atoms with Crippen LogP contribution in [0.1, 0.15) is 28.8 Å². The standard InChI is InChI=1S/C18H16ClN3O2/c19-16-11-21-8-7-17(16)24-15-2-1-9-22(12-15)18(23)14-5-3-13(10-20)4-6-14/h3-8,11,15H,1-2,9,12H2. The summed E-state index contributed by atoms with van der Waals surface area (Å²) in [6, 6.07) is 10.5. The van der Waals surface area contributed by atoms with Gasteiger partial charge in [-0.3, -0.25) is 9.78 Å². The molecule has 1 aliphatic rings. The van der Waals surface area contributed by atoms with Gasteiger partial charge in [-0.05, 0) is 37.1 Å². The van der Waals surface area contributed by atoms with E-state index in [1.165, 1.54) is 0 Å². The van der Waals surface area contributed by atoms with Crippen molar-refractivity contribution in [3.8, 4) is 11.8 Å². The van der Waals surface area contributed by atoms with Gasteiger partial charge in [0.1, 0.15) is 16.9 Å². The summed E-state index contributed by atoms with van der Waals surface area (Å²) in [7, 11) is 0. The summed E-state index contributed by atoms with van der Waals surface area (Å²) in [4.78, 5) is 18.3. The van der Waals surface area contributed by atoms with Gasteiger partial charge in [-0.15, -0.1) is 0 Å². The highest BCUT2D eigenvalue weighted by atomic mass is 35.5. The molecule has 6 heteroatoms. The zero-order valence-electron chi connectivity index (χ0n) is 13.0. The maximum Gasteiger partial charge on any atom is 0.253 e. The van der Waals surface area contributed by atoms with Gasteiger partial charge in [0, 0.05) is 30.6 Å². The van der Waals surface area contributed by atoms with E-state index < -0.39 is 0 Å². The maximum absolute atomic E-state index is 12.6. The quantitative estimate of drug-likeness (QED) is 0.859. The second-order valence-corrected chi connectivity index (χ2v) is 6.04. The van der Waals surface area contributed by atoms with Crippen LogP contribution in [0.3, 0.4) is 0 Å². The van der Waals surface area contributed by atoms with Crippen LogP contribution >= 0.6 is 11.6 Å². The molecule has 1 fully saturated rings. The maximum atomic E-state index is 12.6. The highest BCUT2D eigenvalue weighted by molar-refractivity contribution is 6.31. The Morgan fingerprint density at radius 2 is 2.12 bits per heavy atom. The van der Waals surface area contributed by atoms with Crippen LogP contribution in [0.4, 0.5) is 0 Å². The van der Waals surface area contributed by atoms with Crippen LogP contribution in [0.25, 0.3) is 0 Å². The first-order valence-corrected chi connectivity index (χ1v) is 8.11. The van der Waals surface area contributed by atoms with Gasteiger partial charge in [-0.1, -0.05) is 11.6 Å². The Balaban J connectivity index is 1.67. The molecule has 0 radical (unpaired) electrons. The molecular weight excluding hydrogens is 326 g/mol. The molecule has 1 amide bonds. The van der Waals surface area contributed by atoms with Crippen molar-refractivity contribution in [1.29, 1.82) is 5.26 Å². The minimum Gasteiger partial charge on any atom is -0.487 e. The average Bonchev–Trinajstić information content (AvgIpc) is 2.63. The van der Waals surface area contributed by atoms with Crippen LogP contribution in [0.15, 0.2) is 42.7 Å². The molecule has 0 bridgehead atoms. The van der Waals surface area contributed by atoms with Gasteiger partial charge in [0.15, 0.2) is 0 Å². The smallest absolute Gasteiger partial charge is 0.253 e. The molecule has 3 rings (SSSR count). The van der Waals surface area contributed by atoms with E-state index in [9.17, 15) is 4.79 Å². The number of halogens is 1. The minimum absolute atomic E-state index is 0.0476. The first-order chi connectivity index (χ1) is 11.7. The summed E-state index contributed by atoms with van der Waals surface area (Å²) in [6.45, 7) is 1.21. The average molecular weight is 342 g/mol. The van der Waals surface area contributed by atoms with E-state index in [2.05, 4.69) is 4.98 Å². The molecule has 0 spiro atoms. The fourth-order valence-electron chi connectivity index (χ4n) is 2.73. The molecule has 1 aliphatic heterocycles. The zero-order chi connectivity index (χ0) is 16.9. The summed E-state index contributed by atoms with van der Waals surface area (Å²) in [6.07, 6.45) is 4.81. The van der Waals surface area contributed by atoms with Crippen LogP contribution < -0.4 is 4.74 Å². The number of benzene rings is 1. The summed E-state index contributed by atoms with van der Waals surface area (Å²) < 4.78 is 5.93. The molecule has 1 unspecified atom stereocenters. The van der Waals surface area contributed by atoms with Gasteiger partial charge in [-0.2, -0.15) is 5.26 Å². The Hall–Kier alpha value is -2.58. The lowest BCUT2D eigenvalue weighted by atomic mass is 10.1. The summed E-state index contributed by atoms with van der Waals surface area (Å²) in [5.41, 5.74) is 1.12. The number of likely N-dealkylation sites (tertiary alicyclic amines) is 1. The normalized spacial score (nSPS) is 17.2. The predicted octanol–water partition coefficient (Wildman–Crippen LogP) is 3.29. The van der Waals surface area contributed by atoms with Gasteiger partial charge < -0.3 is 9.64 Å². The Morgan fingerprint density at radius 1 is 1.33 bits per heavy atom. The molecular formula is C18H16ClN3O2. The lowest BCUT2D eigenvalue weighted by Gasteiger charge is -2.33. The topological polar surface area (TPSA) is 66.2 Å². The van der Waals surface area contributed by atoms with Crippen molar-refractivity contribution in [3.63, 3.8) is 0 Å². The number of rotatable bonds is 3. The summed E-state index contributed by atoms with van der Waals surface area (Å²) >= 11 is 6.07. The number of pyridine rings is 1. The second-order valence-electron chi connectivity index (χ2n) is 5.63. The lowest BCUT2D eigenvalue weighted by Crippen LogP contribution is -2.44. The largest absolute Gasteiger partial charge is 0.487 e. The number of carbonyl (C=O) groups excluding carboxylic acids is 1. The van der Waals surface area contributed by atoms with Gasteiger partial charge in [0.05, 0.1) is 18.2 Å². The number of carbonyl (C=O) groups is 1. The Bertz CT molecular complexity index is 771. The van der Waals surface area contributed by atoms with E-state index in [1.54, 1.807) is 47.6 Å². The van der Waals surface area contributed by atoms with Crippen LogP contribution in [0, 0.1) is 11.3 Å². The van der Waals surface area contributed by atoms with Crippen LogP contribution in [0.2, 0.25) is 5.02 Å². The number of nitriles is 1. The third-order valence-electron chi connectivity index (χ3n) is 3.96. The van der Waals surface area contributed by atoms with Gasteiger partial charge >= 0.3 is 0 Å². The summed E-state index contributed by atoms with van der Waals surface area (Å²) in [5.74, 6) is 0.540. The number of hydrogen-bond donors (Lipinski definition) is 0. The lowest BCUT2D eigenvalue weighted by molar-refractivity contribution is 0.0538. The van der Waals surface area contributed by atoms with Crippen molar-refractivity contribution in [2.24, 2.45) is 0 Å². The van der Waals surface area contributed by atoms with Crippen molar-refractivity contribution < 1.29 is 9.53 Å². The number of ether oxygens (including phenoxy) is 1. The van der Waals surface area contributed by atoms with Crippen LogP contribution in [0.5, 0.6) is 5.75 Å². The first kappa shape index (κ1) is 16.3. The fourth-order valence-corrected chi connectivity index (χ4v) is 2.89. The summed E-state index contributed by atoms with van der Waals surface area (Å²) in [5, 5.41) is 9.30. The molecule has 0 saturated carbocycles. The second kappa shape index (κ2) is 7.33. The number of nitrogens with zero attached hydrogens (tertiary/aromatic N) is 3. The van der Waals surface area contributed by atoms with E-state index in [-0.39, 0.29) is 12.0 Å². The number of aromatic nitrogens is 1. The SMILES string of the molecule is N#Cc1ccc(C(=O)N2CCCC(Oc3ccncc3Cl)C2)cc1. The molecule has 1 saturated heterocycles. The molecule has 0 N–H and O–H groups in total. The zero-order valence-corrected chi connectivity index (χ0v) is 13.7. The van der Waals surface area contributed by atoms with Crippen LogP contribution in [-0.2, 0) is 0 Å². The Morgan fingerprint density at radius 3 is 2.83 bits per heavy atom. The third-order valence-corrected chi connectivity index (χ3v) is 4.24. The van der Waals surface area contributed by atoms with Gasteiger partial charge in [-0.25, -0.2) is 0 Å². The van der Waals surface area contributed by atoms with Crippen molar-refractivity contribution >= 4 is 17.5 Å². The fraction of sp³-hybridized carbons (Fsp3) is 0.278. The number of piperidine rings is 1. The molecule has 2 aromatic rings. The highest BCUT2D eigenvalue weighted by Crippen LogP contribution is 2.26. The molecule has 1 aromatic carbocycles. The Labute approximate surface area is 145 Å². The highest BCUT2D eigenvalue weighted by Gasteiger charge is 2.26. The molecule has 1 aromatic heterocycles. The van der Waals surface area contributed by atoms with Crippen LogP contribution in [-0.4, -0.2) is 35.0 Å². The molecule has 0 aliphatic carbocycles. The number of hydrogen-bond acceptors (Lipinski definition) is 4. The van der Waals surface area contributed by atoms with Gasteiger partial charge in [0.2, 0.25) is 0 Å². The Kier molecular flexibility index (Phi) is 4.97. The minimum atomic E-state index is -0.0963. The van der Waals surface area contributed by atoms with Crippen molar-refractivity contribution in [2.45, 2.75) is 18.9 Å². The van der Waals surface area contributed by atoms with E-state index in [1.807, 2.05) is 6.07 Å².